The Morgan fingerprint density at radius 3 is 1.23 bits per heavy atom. The molecule has 0 aromatic heterocycles. The zero-order valence-electron chi connectivity index (χ0n) is 46.7. The SMILES string of the molecule is CCOC(=O)COc1cc(C(O)C[N+](=O)[O-])ccc1N(CC(=O)OCC)CC(=O)OCC.CCOC(=O)COc1cc(OC)ccc1N(CC(=O)OCC)CC(=O)OCC.[H-].[H-].[H-].[H-].[Mg+][Mg][Mg][Mg][Mg+].[Mg+][Mg][Mg][Mg][Mg][Mg+]. The molecule has 0 heterocycles. The molecule has 0 aliphatic rings. The summed E-state index contributed by atoms with van der Waals surface area (Å²) in [4.78, 5) is 84.4. The predicted molar refractivity (Wildman–Crippen MR) is 279 cm³/mol. The summed E-state index contributed by atoms with van der Waals surface area (Å²) in [5, 5.41) is 20.8. The number of hydrogen-bond donors (Lipinski definition) is 1. The number of aliphatic hydroxyl groups is 1. The summed E-state index contributed by atoms with van der Waals surface area (Å²) in [7, 11) is 1.49. The first kappa shape index (κ1) is 75.1. The molecule has 360 valence electrons. The fraction of sp³-hybridized carbons (Fsp3) is 0.538. The third-order valence-electron chi connectivity index (χ3n) is 8.59. The summed E-state index contributed by atoms with van der Waals surface area (Å²) < 4.78 is 45.8. The molecule has 2 rings (SSSR count). The van der Waals surface area contributed by atoms with Gasteiger partial charge in [0, 0.05) is 11.0 Å². The molecule has 0 aliphatic heterocycles. The summed E-state index contributed by atoms with van der Waals surface area (Å²) in [6.07, 6.45) is -1.44. The van der Waals surface area contributed by atoms with Crippen molar-refractivity contribution in [3.63, 3.8) is 0 Å². The molecule has 1 unspecified atom stereocenters. The minimum atomic E-state index is -1.44. The van der Waals surface area contributed by atoms with Crippen LogP contribution in [0.3, 0.4) is 0 Å². The summed E-state index contributed by atoms with van der Waals surface area (Å²) in [5.41, 5.74) is 0.773. The van der Waals surface area contributed by atoms with Crippen LogP contribution in [0, 0.1) is 10.1 Å². The molecule has 32 heteroatoms. The molecule has 0 aliphatic carbocycles. The Bertz CT molecular complexity index is 1840. The van der Waals surface area contributed by atoms with Gasteiger partial charge in [0.05, 0.1) is 58.1 Å². The van der Waals surface area contributed by atoms with Crippen molar-refractivity contribution < 1.29 is 87.1 Å². The number of nitro groups is 1. The quantitative estimate of drug-likeness (QED) is 0.0230. The Morgan fingerprint density at radius 2 is 0.915 bits per heavy atom. The Kier molecular flexibility index (Phi) is 53.2. The number of ether oxygens (including phenoxy) is 9. The van der Waals surface area contributed by atoms with Gasteiger partial charge in [-0.1, -0.05) is 6.07 Å². The second-order valence-corrected chi connectivity index (χ2v) is 78.5. The van der Waals surface area contributed by atoms with Gasteiger partial charge < -0.3 is 63.2 Å². The molecule has 0 radical (unpaired) electrons. The van der Waals surface area contributed by atoms with Crippen molar-refractivity contribution in [2.24, 2.45) is 0 Å². The Labute approximate surface area is 508 Å². The number of benzene rings is 2. The number of rotatable bonds is 31. The second kappa shape index (κ2) is 50.3. The van der Waals surface area contributed by atoms with E-state index in [2.05, 4.69) is 72.2 Å². The fourth-order valence-corrected chi connectivity index (χ4v) is 134. The summed E-state index contributed by atoms with van der Waals surface area (Å²) in [6.45, 7) is 8.35. The number of hydrogen-bond acceptors (Lipinski definition) is 20. The van der Waals surface area contributed by atoms with Gasteiger partial charge in [0.25, 0.3) is 0 Å². The Morgan fingerprint density at radius 1 is 0.577 bits per heavy atom. The van der Waals surface area contributed by atoms with E-state index < -0.39 is 60.0 Å². The number of anilines is 2. The number of carbonyl (C=O) groups is 6. The Balaban J connectivity index is -0.000000253. The third kappa shape index (κ3) is 39.1. The second-order valence-electron chi connectivity index (χ2n) is 14.2. The number of esters is 6. The van der Waals surface area contributed by atoms with Crippen molar-refractivity contribution >= 4 is 211 Å². The van der Waals surface area contributed by atoms with E-state index in [0.717, 1.165) is 39.2 Å². The normalized spacial score (nSPS) is 9.63. The number of carbonyl (C=O) groups excluding carboxylic acids is 6. The zero-order valence-corrected chi connectivity index (χ0v) is 58.3. The maximum absolute atomic E-state index is 12.1. The van der Waals surface area contributed by atoms with Crippen LogP contribution in [-0.4, -0.2) is 302 Å². The van der Waals surface area contributed by atoms with E-state index in [9.17, 15) is 44.0 Å². The topological polar surface area (TPSA) is 255 Å². The van der Waals surface area contributed by atoms with Crippen LogP contribution in [0.4, 0.5) is 11.4 Å². The van der Waals surface area contributed by atoms with Crippen LogP contribution in [0.25, 0.3) is 0 Å². The van der Waals surface area contributed by atoms with Gasteiger partial charge in [-0.05, 0) is 71.4 Å². The van der Waals surface area contributed by atoms with Crippen molar-refractivity contribution in [3.8, 4) is 17.2 Å². The van der Waals surface area contributed by atoms with Crippen molar-refractivity contribution in [3.05, 3.63) is 52.1 Å². The van der Waals surface area contributed by atoms with Crippen molar-refractivity contribution in [1.82, 2.24) is 0 Å². The van der Waals surface area contributed by atoms with Gasteiger partial charge in [0.15, 0.2) is 13.2 Å². The van der Waals surface area contributed by atoms with Crippen molar-refractivity contribution in [2.45, 2.75) is 47.6 Å². The average molecular weight is 1130 g/mol. The van der Waals surface area contributed by atoms with E-state index in [1.165, 1.54) is 35.1 Å². The summed E-state index contributed by atoms with van der Waals surface area (Å²) in [6, 6.07) is 8.93. The van der Waals surface area contributed by atoms with Gasteiger partial charge in [0.1, 0.15) is 49.5 Å². The van der Waals surface area contributed by atoms with Crippen LogP contribution < -0.4 is 24.0 Å². The molecule has 0 saturated heterocycles. The molecule has 0 fully saturated rings. The van der Waals surface area contributed by atoms with Gasteiger partial charge in [-0.15, -0.1) is 0 Å². The molecule has 1 N–H and O–H groups in total. The van der Waals surface area contributed by atoms with Crippen LogP contribution >= 0.6 is 0 Å². The average Bonchev–Trinajstić information content (AvgIpc) is 3.32. The van der Waals surface area contributed by atoms with Gasteiger partial charge in [-0.2, -0.15) is 0 Å². The molecule has 0 bridgehead atoms. The number of methoxy groups -OCH3 is 1. The standard InChI is InChI=1S/C20H28N2O10.C19H27NO8.11Mg.4H/c1-4-29-18(24)11-21(12-19(25)30-5-2)15-8-7-14(16(23)10-22(27)28)9-17(15)32-13-20(26)31-6-3;1-5-25-17(21)11-20(12-18(22)26-6-2)15-9-8-14(24-4)10-16(15)28-13-19(23)27-7-3;;;;;;;;;;;;;;;/h7-9,16,23H,4-6,10-13H2,1-3H3;8-10H,5-7,11-13H2,1-4H3;;;;;;;;;;;;;;;/q;;;;;;;;;4*+1;4*-1. The molecule has 0 spiro atoms. The van der Waals surface area contributed by atoms with Crippen LogP contribution in [0.5, 0.6) is 17.2 Å². The molecule has 2 aromatic rings. The molecule has 0 saturated carbocycles. The van der Waals surface area contributed by atoms with E-state index in [0.29, 0.717) is 63.7 Å². The van der Waals surface area contributed by atoms with Gasteiger partial charge in [-0.3, -0.25) is 29.3 Å². The van der Waals surface area contributed by atoms with Gasteiger partial charge >= 0.3 is 199 Å². The third-order valence-corrected chi connectivity index (χ3v) is 109. The first-order valence-corrected chi connectivity index (χ1v) is 59.5. The zero-order chi connectivity index (χ0) is 54.0. The molecule has 1 atom stereocenters. The van der Waals surface area contributed by atoms with Gasteiger partial charge in [0.2, 0.25) is 6.54 Å². The van der Waals surface area contributed by atoms with Crippen LogP contribution in [0.1, 0.15) is 58.9 Å². The summed E-state index contributed by atoms with van der Waals surface area (Å²) >= 11 is 14.2. The van der Waals surface area contributed by atoms with Crippen molar-refractivity contribution in [1.29, 1.82) is 0 Å². The predicted octanol–water partition coefficient (Wildman–Crippen LogP) is -1.30. The number of nitrogens with zero attached hydrogens (tertiary/aromatic N) is 3. The van der Waals surface area contributed by atoms with Crippen LogP contribution in [0.2, 0.25) is 0 Å². The first-order valence-electron chi connectivity index (χ1n) is 23.5. The molecular formula is C39H59Mg11N3O18. The molecule has 71 heavy (non-hydrogen) atoms. The maximum atomic E-state index is 12.1. The molecule has 2 aromatic carbocycles. The van der Waals surface area contributed by atoms with Crippen molar-refractivity contribution in [2.75, 3.05) is 102 Å². The molecular weight excluding hydrogens is 1070 g/mol. The first-order chi connectivity index (χ1) is 34.0. The van der Waals surface area contributed by atoms with Crippen LogP contribution in [0.15, 0.2) is 36.4 Å². The Hall–Kier alpha value is 2.05. The van der Waals surface area contributed by atoms with E-state index in [1.54, 1.807) is 59.7 Å². The van der Waals surface area contributed by atoms with E-state index in [4.69, 9.17) is 42.6 Å². The monoisotopic (exact) mass is 1120 g/mol. The summed E-state index contributed by atoms with van der Waals surface area (Å²) in [5.74, 6) is -2.74. The fourth-order valence-electron chi connectivity index (χ4n) is 5.47. The van der Waals surface area contributed by atoms with Gasteiger partial charge in [-0.25, -0.2) is 9.59 Å². The van der Waals surface area contributed by atoms with Crippen LogP contribution in [-0.2, 0) is 57.2 Å². The van der Waals surface area contributed by atoms with E-state index in [1.807, 2.05) is 0 Å². The van der Waals surface area contributed by atoms with E-state index >= 15 is 0 Å². The minimum absolute atomic E-state index is 0. The molecule has 0 amide bonds. The van der Waals surface area contributed by atoms with E-state index in [-0.39, 0.29) is 101 Å². The molecule has 21 nitrogen and oxygen atoms in total. The number of aliphatic hydroxyl groups excluding tert-OH is 1.